The van der Waals surface area contributed by atoms with Gasteiger partial charge in [0.15, 0.2) is 11.7 Å². The van der Waals surface area contributed by atoms with E-state index in [0.29, 0.717) is 27.3 Å². The fourth-order valence-corrected chi connectivity index (χ4v) is 5.85. The Kier molecular flexibility index (Phi) is 6.61. The maximum Gasteiger partial charge on any atom is 0.339 e. The molecule has 0 bridgehead atoms. The molecule has 4 aromatic carbocycles. The Labute approximate surface area is 234 Å². The molecule has 0 aliphatic rings. The topological polar surface area (TPSA) is 90.4 Å². The number of rotatable bonds is 6. The highest BCUT2D eigenvalue weighted by atomic mass is 32.1. The van der Waals surface area contributed by atoms with Crippen LogP contribution in [0.1, 0.15) is 21.5 Å². The predicted molar refractivity (Wildman–Crippen MR) is 159 cm³/mol. The van der Waals surface area contributed by atoms with Gasteiger partial charge in [-0.25, -0.2) is 14.8 Å². The van der Waals surface area contributed by atoms with E-state index in [1.165, 1.54) is 11.3 Å². The van der Waals surface area contributed by atoms with Crippen LogP contribution in [0, 0.1) is 13.8 Å². The van der Waals surface area contributed by atoms with E-state index < -0.39 is 18.5 Å². The molecule has 0 spiro atoms. The van der Waals surface area contributed by atoms with Crippen LogP contribution >= 0.6 is 11.3 Å². The number of pyridine rings is 1. The van der Waals surface area contributed by atoms with Crippen LogP contribution in [0.5, 0.6) is 5.75 Å². The lowest BCUT2D eigenvalue weighted by Crippen LogP contribution is -2.21. The normalized spacial score (nSPS) is 11.2. The lowest BCUT2D eigenvalue weighted by molar-refractivity contribution is -0.119. The number of thiazole rings is 1. The smallest absolute Gasteiger partial charge is 0.339 e. The number of carbonyl (C=O) groups excluding carboxylic acids is 2. The van der Waals surface area contributed by atoms with Crippen molar-refractivity contribution in [2.75, 3.05) is 19.0 Å². The molecule has 6 rings (SSSR count). The second-order valence-electron chi connectivity index (χ2n) is 9.57. The summed E-state index contributed by atoms with van der Waals surface area (Å²) in [6, 6.07) is 25.0. The Balaban J connectivity index is 1.24. The number of hydrogen-bond donors (Lipinski definition) is 1. The summed E-state index contributed by atoms with van der Waals surface area (Å²) in [7, 11) is 1.64. The number of benzene rings is 4. The summed E-state index contributed by atoms with van der Waals surface area (Å²) in [5.41, 5.74) is 5.52. The molecule has 0 saturated heterocycles. The monoisotopic (exact) mass is 547 g/mol. The number of hydrogen-bond acceptors (Lipinski definition) is 7. The SMILES string of the molecule is COc1ccc2cc(-c3cc(C(=O)OCC(=O)Nc4nc5c(C)cc(C)cc5s4)c4ccccc4n3)ccc2c1. The van der Waals surface area contributed by atoms with Gasteiger partial charge in [0.05, 0.1) is 34.1 Å². The molecule has 8 heteroatoms. The third kappa shape index (κ3) is 4.97. The summed E-state index contributed by atoms with van der Waals surface area (Å²) in [5, 5.41) is 5.93. The molecule has 6 aromatic rings. The van der Waals surface area contributed by atoms with Gasteiger partial charge in [-0.15, -0.1) is 0 Å². The summed E-state index contributed by atoms with van der Waals surface area (Å²) >= 11 is 1.39. The summed E-state index contributed by atoms with van der Waals surface area (Å²) in [5.74, 6) is -0.270. The van der Waals surface area contributed by atoms with Crippen LogP contribution in [0.3, 0.4) is 0 Å². The van der Waals surface area contributed by atoms with Gasteiger partial charge in [-0.3, -0.25) is 10.1 Å². The zero-order chi connectivity index (χ0) is 27.8. The van der Waals surface area contributed by atoms with Gasteiger partial charge in [-0.1, -0.05) is 53.8 Å². The van der Waals surface area contributed by atoms with E-state index in [2.05, 4.69) is 16.4 Å². The van der Waals surface area contributed by atoms with Crippen molar-refractivity contribution in [2.45, 2.75) is 13.8 Å². The minimum Gasteiger partial charge on any atom is -0.497 e. The van der Waals surface area contributed by atoms with Gasteiger partial charge in [0.2, 0.25) is 0 Å². The highest BCUT2D eigenvalue weighted by molar-refractivity contribution is 7.22. The molecule has 0 radical (unpaired) electrons. The van der Waals surface area contributed by atoms with E-state index in [0.717, 1.165) is 43.4 Å². The molecule has 40 heavy (non-hydrogen) atoms. The van der Waals surface area contributed by atoms with Gasteiger partial charge in [0.25, 0.3) is 5.91 Å². The summed E-state index contributed by atoms with van der Waals surface area (Å²) in [6.45, 7) is 3.58. The number of amides is 1. The molecule has 0 unspecified atom stereocenters. The Hall–Kier alpha value is -4.82. The average molecular weight is 548 g/mol. The lowest BCUT2D eigenvalue weighted by atomic mass is 10.0. The molecule has 1 amide bonds. The average Bonchev–Trinajstić information content (AvgIpc) is 3.37. The molecule has 0 fully saturated rings. The molecule has 2 aromatic heterocycles. The number of ether oxygens (including phenoxy) is 2. The number of aryl methyl sites for hydroxylation is 2. The van der Waals surface area contributed by atoms with Gasteiger partial charge in [0, 0.05) is 10.9 Å². The van der Waals surface area contributed by atoms with Gasteiger partial charge >= 0.3 is 5.97 Å². The number of aromatic nitrogens is 2. The zero-order valence-electron chi connectivity index (χ0n) is 22.1. The Morgan fingerprint density at radius 2 is 1.70 bits per heavy atom. The lowest BCUT2D eigenvalue weighted by Gasteiger charge is -2.11. The Morgan fingerprint density at radius 3 is 2.55 bits per heavy atom. The second-order valence-corrected chi connectivity index (χ2v) is 10.6. The molecule has 0 atom stereocenters. The quantitative estimate of drug-likeness (QED) is 0.224. The number of nitrogens with one attached hydrogen (secondary N) is 1. The van der Waals surface area contributed by atoms with E-state index in [1.807, 2.05) is 80.6 Å². The van der Waals surface area contributed by atoms with Crippen LogP contribution in [0.2, 0.25) is 0 Å². The zero-order valence-corrected chi connectivity index (χ0v) is 23.0. The number of esters is 1. The third-order valence-electron chi connectivity index (χ3n) is 6.69. The van der Waals surface area contributed by atoms with Crippen LogP contribution in [-0.2, 0) is 9.53 Å². The fraction of sp³-hybridized carbons (Fsp3) is 0.125. The minimum absolute atomic E-state index is 0.342. The number of para-hydroxylation sites is 1. The van der Waals surface area contributed by atoms with E-state index >= 15 is 0 Å². The number of anilines is 1. The Morgan fingerprint density at radius 1 is 0.900 bits per heavy atom. The number of methoxy groups -OCH3 is 1. The maximum atomic E-state index is 13.2. The minimum atomic E-state index is -0.601. The van der Waals surface area contributed by atoms with Crippen LogP contribution in [-0.4, -0.2) is 35.6 Å². The van der Waals surface area contributed by atoms with Gasteiger partial charge in [-0.2, -0.15) is 0 Å². The molecule has 0 aliphatic carbocycles. The molecule has 2 heterocycles. The Bertz CT molecular complexity index is 1950. The van der Waals surface area contributed by atoms with Crippen molar-refractivity contribution in [3.05, 3.63) is 95.6 Å². The van der Waals surface area contributed by atoms with Crippen molar-refractivity contribution in [1.29, 1.82) is 0 Å². The third-order valence-corrected chi connectivity index (χ3v) is 7.61. The number of nitrogens with zero attached hydrogens (tertiary/aromatic N) is 2. The first-order valence-electron chi connectivity index (χ1n) is 12.7. The first-order valence-corrected chi connectivity index (χ1v) is 13.5. The van der Waals surface area contributed by atoms with E-state index in [4.69, 9.17) is 14.5 Å². The van der Waals surface area contributed by atoms with Crippen molar-refractivity contribution >= 4 is 60.2 Å². The van der Waals surface area contributed by atoms with Gasteiger partial charge < -0.3 is 9.47 Å². The fourth-order valence-electron chi connectivity index (χ4n) is 4.79. The summed E-state index contributed by atoms with van der Waals surface area (Å²) < 4.78 is 11.8. The second kappa shape index (κ2) is 10.4. The van der Waals surface area contributed by atoms with Crippen LogP contribution in [0.25, 0.3) is 43.1 Å². The van der Waals surface area contributed by atoms with Gasteiger partial charge in [-0.05, 0) is 72.1 Å². The molecule has 0 aliphatic heterocycles. The highest BCUT2D eigenvalue weighted by Gasteiger charge is 2.18. The van der Waals surface area contributed by atoms with E-state index in [9.17, 15) is 9.59 Å². The number of fused-ring (bicyclic) bond motifs is 3. The molecule has 0 saturated carbocycles. The van der Waals surface area contributed by atoms with Crippen molar-refractivity contribution in [3.63, 3.8) is 0 Å². The first-order chi connectivity index (χ1) is 19.4. The van der Waals surface area contributed by atoms with Crippen LogP contribution in [0.4, 0.5) is 5.13 Å². The van der Waals surface area contributed by atoms with Gasteiger partial charge in [0.1, 0.15) is 5.75 Å². The van der Waals surface area contributed by atoms with Crippen molar-refractivity contribution in [2.24, 2.45) is 0 Å². The van der Waals surface area contributed by atoms with Crippen LogP contribution < -0.4 is 10.1 Å². The molecule has 1 N–H and O–H groups in total. The molecule has 198 valence electrons. The van der Waals surface area contributed by atoms with Crippen molar-refractivity contribution in [1.82, 2.24) is 9.97 Å². The van der Waals surface area contributed by atoms with Crippen molar-refractivity contribution in [3.8, 4) is 17.0 Å². The summed E-state index contributed by atoms with van der Waals surface area (Å²) in [4.78, 5) is 35.2. The number of carbonyl (C=O) groups is 2. The first kappa shape index (κ1) is 25.5. The predicted octanol–water partition coefficient (Wildman–Crippen LogP) is 7.09. The summed E-state index contributed by atoms with van der Waals surface area (Å²) in [6.07, 6.45) is 0. The van der Waals surface area contributed by atoms with E-state index in [-0.39, 0.29) is 0 Å². The van der Waals surface area contributed by atoms with E-state index in [1.54, 1.807) is 13.2 Å². The molecule has 7 nitrogen and oxygen atoms in total. The van der Waals surface area contributed by atoms with Crippen molar-refractivity contribution < 1.29 is 19.1 Å². The highest BCUT2D eigenvalue weighted by Crippen LogP contribution is 2.31. The standard InChI is InChI=1S/C32H25N3O4S/c1-18-12-19(2)30-28(13-18)40-32(35-30)34-29(36)17-39-31(37)25-16-27(33-26-7-5-4-6-24(25)26)22-9-8-21-15-23(38-3)11-10-20(21)14-22/h4-16H,17H2,1-3H3,(H,34,35,36). The van der Waals surface area contributed by atoms with Crippen LogP contribution in [0.15, 0.2) is 78.9 Å². The molecular formula is C32H25N3O4S. The molecular weight excluding hydrogens is 522 g/mol. The maximum absolute atomic E-state index is 13.2. The largest absolute Gasteiger partial charge is 0.497 e.